The second kappa shape index (κ2) is 9.08. The number of halogens is 1. The molecule has 0 atom stereocenters. The van der Waals surface area contributed by atoms with Crippen molar-refractivity contribution >= 4 is 17.5 Å². The molecule has 0 unspecified atom stereocenters. The summed E-state index contributed by atoms with van der Waals surface area (Å²) in [5.41, 5.74) is 4.73. The number of carbonyl (C=O) groups is 1. The summed E-state index contributed by atoms with van der Waals surface area (Å²) in [6, 6.07) is 14.7. The summed E-state index contributed by atoms with van der Waals surface area (Å²) in [4.78, 5) is 14.5. The van der Waals surface area contributed by atoms with Crippen LogP contribution in [-0.2, 0) is 11.3 Å². The molecule has 0 radical (unpaired) electrons. The third-order valence-corrected chi connectivity index (χ3v) is 5.62. The van der Waals surface area contributed by atoms with Crippen LogP contribution in [0.5, 0.6) is 0 Å². The van der Waals surface area contributed by atoms with Gasteiger partial charge in [-0.15, -0.1) is 6.42 Å². The molecule has 1 N–H and O–H groups in total. The Labute approximate surface area is 166 Å². The van der Waals surface area contributed by atoms with Crippen molar-refractivity contribution < 1.29 is 4.79 Å². The molecular weight excluding hydrogens is 356 g/mol. The fourth-order valence-corrected chi connectivity index (χ4v) is 3.76. The zero-order valence-corrected chi connectivity index (χ0v) is 16.4. The lowest BCUT2D eigenvalue weighted by Gasteiger charge is -2.31. The van der Waals surface area contributed by atoms with Crippen LogP contribution in [0.3, 0.4) is 0 Å². The molecule has 140 valence electrons. The van der Waals surface area contributed by atoms with Gasteiger partial charge < -0.3 is 5.32 Å². The van der Waals surface area contributed by atoms with E-state index in [0.29, 0.717) is 6.54 Å². The molecule has 2 aromatic carbocycles. The number of benzene rings is 2. The normalized spacial score (nSPS) is 15.3. The number of nitrogens with one attached hydrogen (secondary N) is 1. The number of rotatable bonds is 5. The van der Waals surface area contributed by atoms with E-state index in [4.69, 9.17) is 18.0 Å². The van der Waals surface area contributed by atoms with Crippen LogP contribution < -0.4 is 5.32 Å². The zero-order chi connectivity index (χ0) is 19.2. The number of carbonyl (C=O) groups excluding carboxylic acids is 1. The topological polar surface area (TPSA) is 32.3 Å². The van der Waals surface area contributed by atoms with Crippen molar-refractivity contribution in [2.45, 2.75) is 26.3 Å². The summed E-state index contributed by atoms with van der Waals surface area (Å²) >= 11 is 6.33. The number of nitrogens with zero attached hydrogens (tertiary/aromatic N) is 1. The molecule has 3 nitrogen and oxygen atoms in total. The van der Waals surface area contributed by atoms with E-state index in [0.717, 1.165) is 48.6 Å². The third-order valence-electron chi connectivity index (χ3n) is 5.22. The molecule has 0 bridgehead atoms. The van der Waals surface area contributed by atoms with E-state index >= 15 is 0 Å². The average molecular weight is 381 g/mol. The summed E-state index contributed by atoms with van der Waals surface area (Å²) in [6.07, 6.45) is 6.95. The monoisotopic (exact) mass is 380 g/mol. The van der Waals surface area contributed by atoms with Crippen molar-refractivity contribution in [2.24, 2.45) is 5.92 Å². The van der Waals surface area contributed by atoms with Crippen LogP contribution in [0, 0.1) is 25.2 Å². The molecular formula is C23H25ClN2O. The smallest absolute Gasteiger partial charge is 0.223 e. The number of aryl methyl sites for hydroxylation is 1. The highest BCUT2D eigenvalue weighted by molar-refractivity contribution is 6.31. The van der Waals surface area contributed by atoms with Gasteiger partial charge in [0.1, 0.15) is 0 Å². The molecule has 0 aliphatic carbocycles. The van der Waals surface area contributed by atoms with Crippen LogP contribution in [0.1, 0.15) is 24.0 Å². The maximum Gasteiger partial charge on any atom is 0.223 e. The first kappa shape index (κ1) is 19.5. The highest BCUT2D eigenvalue weighted by atomic mass is 35.5. The summed E-state index contributed by atoms with van der Waals surface area (Å²) < 4.78 is 0. The van der Waals surface area contributed by atoms with Crippen molar-refractivity contribution in [3.05, 3.63) is 58.6 Å². The lowest BCUT2D eigenvalue weighted by molar-refractivity contribution is -0.126. The van der Waals surface area contributed by atoms with Gasteiger partial charge in [-0.2, -0.15) is 0 Å². The molecule has 27 heavy (non-hydrogen) atoms. The zero-order valence-electron chi connectivity index (χ0n) is 15.7. The second-order valence-corrected chi connectivity index (χ2v) is 7.50. The second-order valence-electron chi connectivity index (χ2n) is 7.09. The van der Waals surface area contributed by atoms with E-state index in [2.05, 4.69) is 52.5 Å². The first-order valence-corrected chi connectivity index (χ1v) is 9.74. The average Bonchev–Trinajstić information content (AvgIpc) is 2.69. The Balaban J connectivity index is 1.67. The van der Waals surface area contributed by atoms with Gasteiger partial charge in [0.05, 0.1) is 6.54 Å². The Morgan fingerprint density at radius 3 is 2.70 bits per heavy atom. The SMILES string of the molecule is C#CCNC(=O)C1CCN(Cc2ccccc2-c2ccc(C)c(Cl)c2)CC1. The van der Waals surface area contributed by atoms with Gasteiger partial charge in [-0.3, -0.25) is 9.69 Å². The Bertz CT molecular complexity index is 848. The van der Waals surface area contributed by atoms with Crippen molar-refractivity contribution in [1.29, 1.82) is 0 Å². The maximum atomic E-state index is 12.1. The Kier molecular flexibility index (Phi) is 6.55. The van der Waals surface area contributed by atoms with Crippen LogP contribution in [0.4, 0.5) is 0 Å². The van der Waals surface area contributed by atoms with Gasteiger partial charge in [0, 0.05) is 17.5 Å². The van der Waals surface area contributed by atoms with Gasteiger partial charge >= 0.3 is 0 Å². The molecule has 4 heteroatoms. The molecule has 0 spiro atoms. The molecule has 1 heterocycles. The molecule has 0 saturated carbocycles. The fourth-order valence-electron chi connectivity index (χ4n) is 3.58. The van der Waals surface area contributed by atoms with Gasteiger partial charge in [-0.05, 0) is 61.2 Å². The number of amides is 1. The summed E-state index contributed by atoms with van der Waals surface area (Å²) in [5, 5.41) is 3.59. The van der Waals surface area contributed by atoms with E-state index in [1.807, 2.05) is 13.0 Å². The minimum Gasteiger partial charge on any atom is -0.345 e. The summed E-state index contributed by atoms with van der Waals surface area (Å²) in [5.74, 6) is 2.61. The van der Waals surface area contributed by atoms with Crippen molar-refractivity contribution in [3.63, 3.8) is 0 Å². The van der Waals surface area contributed by atoms with Crippen LogP contribution in [0.25, 0.3) is 11.1 Å². The van der Waals surface area contributed by atoms with Crippen LogP contribution in [0.2, 0.25) is 5.02 Å². The maximum absolute atomic E-state index is 12.1. The Hall–Kier alpha value is -2.28. The van der Waals surface area contributed by atoms with E-state index < -0.39 is 0 Å². The standard InChI is InChI=1S/C23H25ClN2O/c1-3-12-25-23(27)18-10-13-26(14-11-18)16-20-6-4-5-7-21(20)19-9-8-17(2)22(24)15-19/h1,4-9,15,18H,10-14,16H2,2H3,(H,25,27). The van der Waals surface area contributed by atoms with Gasteiger partial charge in [-0.1, -0.05) is 53.9 Å². The fraction of sp³-hybridized carbons (Fsp3) is 0.348. The first-order valence-electron chi connectivity index (χ1n) is 9.36. The molecule has 1 aliphatic heterocycles. The van der Waals surface area contributed by atoms with E-state index in [-0.39, 0.29) is 11.8 Å². The molecule has 1 saturated heterocycles. The van der Waals surface area contributed by atoms with Gasteiger partial charge in [0.25, 0.3) is 0 Å². The predicted molar refractivity (Wildman–Crippen MR) is 111 cm³/mol. The highest BCUT2D eigenvalue weighted by Gasteiger charge is 2.25. The van der Waals surface area contributed by atoms with Crippen LogP contribution in [0.15, 0.2) is 42.5 Å². The molecule has 2 aromatic rings. The predicted octanol–water partition coefficient (Wildman–Crippen LogP) is 4.28. The van der Waals surface area contributed by atoms with E-state index in [1.165, 1.54) is 11.1 Å². The van der Waals surface area contributed by atoms with Crippen molar-refractivity contribution in [3.8, 4) is 23.5 Å². The lowest BCUT2D eigenvalue weighted by atomic mass is 9.94. The highest BCUT2D eigenvalue weighted by Crippen LogP contribution is 2.29. The van der Waals surface area contributed by atoms with Crippen molar-refractivity contribution in [2.75, 3.05) is 19.6 Å². The minimum absolute atomic E-state index is 0.0701. The van der Waals surface area contributed by atoms with E-state index in [9.17, 15) is 4.79 Å². The van der Waals surface area contributed by atoms with E-state index in [1.54, 1.807) is 0 Å². The lowest BCUT2D eigenvalue weighted by Crippen LogP contribution is -2.40. The number of hydrogen-bond donors (Lipinski definition) is 1. The first-order chi connectivity index (χ1) is 13.1. The minimum atomic E-state index is 0.0701. The molecule has 1 aliphatic rings. The third kappa shape index (κ3) is 4.91. The van der Waals surface area contributed by atoms with Crippen LogP contribution in [-0.4, -0.2) is 30.4 Å². The number of hydrogen-bond acceptors (Lipinski definition) is 2. The quantitative estimate of drug-likeness (QED) is 0.785. The van der Waals surface area contributed by atoms with Gasteiger partial charge in [-0.25, -0.2) is 0 Å². The van der Waals surface area contributed by atoms with Gasteiger partial charge in [0.15, 0.2) is 0 Å². The number of piperidine rings is 1. The molecule has 1 amide bonds. The molecule has 3 rings (SSSR count). The summed E-state index contributed by atoms with van der Waals surface area (Å²) in [7, 11) is 0. The number of terminal acetylenes is 1. The Morgan fingerprint density at radius 2 is 2.00 bits per heavy atom. The van der Waals surface area contributed by atoms with Crippen molar-refractivity contribution in [1.82, 2.24) is 10.2 Å². The van der Waals surface area contributed by atoms with Gasteiger partial charge in [0.2, 0.25) is 5.91 Å². The largest absolute Gasteiger partial charge is 0.345 e. The summed E-state index contributed by atoms with van der Waals surface area (Å²) in [6.45, 7) is 5.03. The van der Waals surface area contributed by atoms with Crippen LogP contribution >= 0.6 is 11.6 Å². The molecule has 0 aromatic heterocycles. The Morgan fingerprint density at radius 1 is 1.26 bits per heavy atom. The number of likely N-dealkylation sites (tertiary alicyclic amines) is 1. The molecule has 1 fully saturated rings.